The summed E-state index contributed by atoms with van der Waals surface area (Å²) in [6.07, 6.45) is 1.99. The summed E-state index contributed by atoms with van der Waals surface area (Å²) in [5.74, 6) is 1.07. The molecule has 36 heavy (non-hydrogen) atoms. The van der Waals surface area contributed by atoms with Gasteiger partial charge in [-0.25, -0.2) is 0 Å². The van der Waals surface area contributed by atoms with E-state index in [4.69, 9.17) is 4.42 Å². The average molecular weight is 514 g/mol. The molecule has 1 aromatic heterocycles. The Bertz CT molecular complexity index is 1340. The molecular formula is C25H27N3O7S. The molecule has 2 unspecified atom stereocenters. The number of carbonyl (C=O) groups excluding carboxylic acids is 2. The van der Waals surface area contributed by atoms with Crippen LogP contribution in [-0.2, 0) is 9.53 Å². The van der Waals surface area contributed by atoms with Gasteiger partial charge in [-0.15, -0.1) is 0 Å². The Morgan fingerprint density at radius 3 is 2.61 bits per heavy atom. The number of rotatable bonds is 11. The molecule has 0 radical (unpaired) electrons. The lowest BCUT2D eigenvalue weighted by atomic mass is 10.0. The molecule has 11 heteroatoms. The number of nitrogens with one attached hydrogen (secondary N) is 3. The van der Waals surface area contributed by atoms with E-state index in [-0.39, 0.29) is 52.8 Å². The van der Waals surface area contributed by atoms with Crippen LogP contribution in [0.4, 0.5) is 17.1 Å². The first-order chi connectivity index (χ1) is 17.3. The fourth-order valence-corrected chi connectivity index (χ4v) is 5.45. The molecule has 10 nitrogen and oxygen atoms in total. The Morgan fingerprint density at radius 2 is 1.94 bits per heavy atom. The van der Waals surface area contributed by atoms with Crippen molar-refractivity contribution in [1.29, 1.82) is 0 Å². The number of thioether (sulfide) groups is 1. The largest absolute Gasteiger partial charge is 0.505 e. The van der Waals surface area contributed by atoms with Crippen molar-refractivity contribution in [1.82, 2.24) is 5.32 Å². The number of ketones is 1. The van der Waals surface area contributed by atoms with Crippen molar-refractivity contribution in [3.05, 3.63) is 67.9 Å². The van der Waals surface area contributed by atoms with Crippen molar-refractivity contribution in [3.8, 4) is 5.75 Å². The zero-order chi connectivity index (χ0) is 25.8. The lowest BCUT2D eigenvalue weighted by Crippen LogP contribution is -2.38. The Balaban J connectivity index is 1.54. The highest BCUT2D eigenvalue weighted by molar-refractivity contribution is 8.00. The van der Waals surface area contributed by atoms with E-state index in [2.05, 4.69) is 20.7 Å². The van der Waals surface area contributed by atoms with Crippen molar-refractivity contribution in [2.75, 3.05) is 36.6 Å². The molecule has 0 spiro atoms. The fourth-order valence-electron chi connectivity index (χ4n) is 4.09. The fraction of sp³-hybridized carbons (Fsp3) is 0.360. The molecule has 1 aliphatic heterocycles. The summed E-state index contributed by atoms with van der Waals surface area (Å²) >= 11 is 1.78. The summed E-state index contributed by atoms with van der Waals surface area (Å²) in [4.78, 5) is 48.7. The van der Waals surface area contributed by atoms with E-state index in [1.807, 2.05) is 19.1 Å². The van der Waals surface area contributed by atoms with E-state index in [1.54, 1.807) is 11.8 Å². The maximum Gasteiger partial charge on any atom is 0.319 e. The van der Waals surface area contributed by atoms with Gasteiger partial charge in [-0.3, -0.25) is 24.5 Å². The minimum Gasteiger partial charge on any atom is -0.505 e. The van der Waals surface area contributed by atoms with Crippen LogP contribution in [0.2, 0.25) is 0 Å². The van der Waals surface area contributed by atoms with Gasteiger partial charge in [0.1, 0.15) is 28.6 Å². The number of benzene rings is 1. The van der Waals surface area contributed by atoms with E-state index in [0.717, 1.165) is 24.4 Å². The van der Waals surface area contributed by atoms with Gasteiger partial charge in [0, 0.05) is 5.25 Å². The molecule has 3 aromatic rings. The van der Waals surface area contributed by atoms with Crippen LogP contribution in [0.15, 0.2) is 44.3 Å². The molecule has 4 N–H and O–H groups in total. The van der Waals surface area contributed by atoms with Crippen LogP contribution in [0.5, 0.6) is 5.75 Å². The highest BCUT2D eigenvalue weighted by Crippen LogP contribution is 2.40. The quantitative estimate of drug-likeness (QED) is 0.130. The molecule has 2 atom stereocenters. The number of aryl methyl sites for hydroxylation is 1. The monoisotopic (exact) mass is 513 g/mol. The number of phenols is 1. The molecule has 1 saturated heterocycles. The predicted molar refractivity (Wildman–Crippen MR) is 137 cm³/mol. The zero-order valence-electron chi connectivity index (χ0n) is 19.9. The van der Waals surface area contributed by atoms with Gasteiger partial charge in [-0.1, -0.05) is 6.07 Å². The van der Waals surface area contributed by atoms with Crippen molar-refractivity contribution in [2.24, 2.45) is 0 Å². The van der Waals surface area contributed by atoms with E-state index >= 15 is 0 Å². The summed E-state index contributed by atoms with van der Waals surface area (Å²) < 4.78 is 10.3. The number of furan rings is 1. The number of hydrogen-bond donors (Lipinski definition) is 4. The van der Waals surface area contributed by atoms with E-state index < -0.39 is 22.6 Å². The normalized spacial score (nSPS) is 16.1. The predicted octanol–water partition coefficient (Wildman–Crippen LogP) is 2.63. The van der Waals surface area contributed by atoms with Crippen LogP contribution in [-0.4, -0.2) is 48.1 Å². The van der Waals surface area contributed by atoms with Crippen LogP contribution in [0, 0.1) is 6.92 Å². The molecule has 190 valence electrons. The van der Waals surface area contributed by atoms with Gasteiger partial charge in [-0.2, -0.15) is 11.8 Å². The summed E-state index contributed by atoms with van der Waals surface area (Å²) in [5.41, 5.74) is -1.15. The summed E-state index contributed by atoms with van der Waals surface area (Å²) in [5, 5.41) is 19.5. The van der Waals surface area contributed by atoms with Gasteiger partial charge in [0.25, 0.3) is 10.9 Å². The van der Waals surface area contributed by atoms with Crippen LogP contribution in [0.3, 0.4) is 0 Å². The van der Waals surface area contributed by atoms with Gasteiger partial charge in [-0.05, 0) is 49.8 Å². The Morgan fingerprint density at radius 1 is 1.17 bits per heavy atom. The van der Waals surface area contributed by atoms with E-state index in [9.17, 15) is 24.3 Å². The van der Waals surface area contributed by atoms with Gasteiger partial charge in [0.05, 0.1) is 37.5 Å². The topological polar surface area (TPSA) is 147 Å². The second kappa shape index (κ2) is 11.0. The summed E-state index contributed by atoms with van der Waals surface area (Å²) in [6, 6.07) is 7.87. The van der Waals surface area contributed by atoms with Gasteiger partial charge in [0.15, 0.2) is 5.78 Å². The number of Topliss-reactive ketones (excluding diaryl/α,β-unsaturated/α-hetero) is 1. The van der Waals surface area contributed by atoms with Crippen molar-refractivity contribution < 1.29 is 23.8 Å². The van der Waals surface area contributed by atoms with Crippen molar-refractivity contribution in [2.45, 2.75) is 31.1 Å². The molecule has 2 heterocycles. The van der Waals surface area contributed by atoms with E-state index in [1.165, 1.54) is 25.3 Å². The van der Waals surface area contributed by atoms with Crippen molar-refractivity contribution >= 4 is 40.6 Å². The third-order valence-corrected chi connectivity index (χ3v) is 7.45. The molecule has 1 fully saturated rings. The molecule has 0 aliphatic carbocycles. The lowest BCUT2D eigenvalue weighted by Gasteiger charge is -2.25. The Kier molecular flexibility index (Phi) is 7.80. The summed E-state index contributed by atoms with van der Waals surface area (Å²) in [7, 11) is 1.24. The first-order valence-corrected chi connectivity index (χ1v) is 12.5. The van der Waals surface area contributed by atoms with E-state index in [0.29, 0.717) is 5.76 Å². The second-order valence-corrected chi connectivity index (χ2v) is 9.81. The van der Waals surface area contributed by atoms with Crippen molar-refractivity contribution in [3.63, 3.8) is 0 Å². The maximum absolute atomic E-state index is 12.5. The Hall–Kier alpha value is -3.57. The zero-order valence-corrected chi connectivity index (χ0v) is 20.7. The van der Waals surface area contributed by atoms with Crippen LogP contribution in [0.1, 0.15) is 40.8 Å². The van der Waals surface area contributed by atoms with Gasteiger partial charge in [0.2, 0.25) is 0 Å². The number of esters is 1. The molecule has 2 aromatic carbocycles. The third kappa shape index (κ3) is 5.31. The number of phenolic OH excluding ortho intramolecular Hbond substituents is 1. The number of anilines is 3. The average Bonchev–Trinajstić information content (AvgIpc) is 3.56. The van der Waals surface area contributed by atoms with Crippen LogP contribution in [0.25, 0.3) is 0 Å². The first kappa shape index (κ1) is 25.5. The first-order valence-electron chi connectivity index (χ1n) is 11.5. The van der Waals surface area contributed by atoms with Gasteiger partial charge < -0.3 is 24.9 Å². The van der Waals surface area contributed by atoms with Crippen LogP contribution < -0.4 is 26.8 Å². The number of para-hydroxylation sites is 1. The number of ether oxygens (including phenoxy) is 1. The SMILES string of the molecule is COC(=O)CNCC(=O)c1cccc(Nc2c(NC(c3ccc(C)o3)C3CCCS3)c(=O)c2=O)c1O. The molecule has 4 rings (SSSR count). The minimum atomic E-state index is -0.721. The number of carbonyl (C=O) groups is 2. The molecular weight excluding hydrogens is 486 g/mol. The third-order valence-electron chi connectivity index (χ3n) is 5.99. The van der Waals surface area contributed by atoms with Crippen LogP contribution >= 0.6 is 11.8 Å². The molecule has 1 aliphatic rings. The standard InChI is InChI=1S/C25H27N3O7S/c1-13-8-9-17(35-13)20(18-7-4-10-36-18)28-22-21(24(32)25(22)33)27-15-6-3-5-14(23(15)31)16(29)11-26-12-19(30)34-2/h3,5-6,8-9,18,20,26-28,31H,4,7,10-12H2,1-2H3. The van der Waals surface area contributed by atoms with Gasteiger partial charge >= 0.3 is 5.97 Å². The molecule has 0 amide bonds. The lowest BCUT2D eigenvalue weighted by molar-refractivity contribution is -0.139. The summed E-state index contributed by atoms with van der Waals surface area (Å²) in [6.45, 7) is 1.48. The molecule has 0 saturated carbocycles. The minimum absolute atomic E-state index is 0.00290. The highest BCUT2D eigenvalue weighted by atomic mass is 32.2. The highest BCUT2D eigenvalue weighted by Gasteiger charge is 2.33. The number of hydrogen-bond acceptors (Lipinski definition) is 11. The molecule has 0 bridgehead atoms. The smallest absolute Gasteiger partial charge is 0.319 e. The number of aromatic hydroxyl groups is 1. The number of methoxy groups -OCH3 is 1. The maximum atomic E-state index is 12.5. The Labute approximate surface area is 211 Å². The second-order valence-electron chi connectivity index (χ2n) is 8.46.